The molecular weight excluding hydrogens is 366 g/mol. The number of guanidine groups is 1. The predicted octanol–water partition coefficient (Wildman–Crippen LogP) is 1.65. The second kappa shape index (κ2) is 10.5. The van der Waals surface area contributed by atoms with Gasteiger partial charge in [-0.2, -0.15) is 0 Å². The number of hydrogen-bond donors (Lipinski definition) is 2. The summed E-state index contributed by atoms with van der Waals surface area (Å²) in [7, 11) is 3.55. The van der Waals surface area contributed by atoms with Gasteiger partial charge in [0.15, 0.2) is 5.96 Å². The number of likely N-dealkylation sites (tertiary alicyclic amines) is 2. The van der Waals surface area contributed by atoms with E-state index in [-0.39, 0.29) is 11.8 Å². The van der Waals surface area contributed by atoms with Gasteiger partial charge in [0.2, 0.25) is 5.91 Å². The van der Waals surface area contributed by atoms with Crippen LogP contribution in [-0.4, -0.2) is 75.1 Å². The zero-order valence-electron chi connectivity index (χ0n) is 17.8. The molecule has 1 aromatic rings. The molecular formula is C22H35N5O2. The Balaban J connectivity index is 1.40. The maximum atomic E-state index is 11.4. The van der Waals surface area contributed by atoms with E-state index in [1.54, 1.807) is 7.11 Å². The van der Waals surface area contributed by atoms with E-state index in [2.05, 4.69) is 32.2 Å². The summed E-state index contributed by atoms with van der Waals surface area (Å²) in [4.78, 5) is 20.6. The minimum atomic E-state index is -0.159. The number of ether oxygens (including phenoxy) is 1. The molecule has 29 heavy (non-hydrogen) atoms. The Hall–Kier alpha value is -2.28. The Morgan fingerprint density at radius 3 is 2.72 bits per heavy atom. The maximum Gasteiger partial charge on any atom is 0.221 e. The molecule has 3 N–H and O–H groups in total. The minimum absolute atomic E-state index is 0.0176. The van der Waals surface area contributed by atoms with Crippen LogP contribution in [0.5, 0.6) is 5.75 Å². The van der Waals surface area contributed by atoms with Crippen molar-refractivity contribution in [2.75, 3.05) is 53.4 Å². The second-order valence-electron chi connectivity index (χ2n) is 8.07. The maximum absolute atomic E-state index is 11.4. The molecule has 3 rings (SSSR count). The molecule has 7 nitrogen and oxygen atoms in total. The number of amides is 1. The predicted molar refractivity (Wildman–Crippen MR) is 116 cm³/mol. The number of nitrogens with zero attached hydrogens (tertiary/aromatic N) is 3. The molecule has 2 heterocycles. The van der Waals surface area contributed by atoms with Crippen LogP contribution in [0.2, 0.25) is 0 Å². The highest BCUT2D eigenvalue weighted by Crippen LogP contribution is 2.28. The SMILES string of the molecule is CN=C(NCCCN1CCCC(C(N)=O)C1)N1CCC(c2ccc(OC)cc2)C1. The molecule has 0 aromatic heterocycles. The number of nitrogens with one attached hydrogen (secondary N) is 1. The van der Waals surface area contributed by atoms with Crippen molar-refractivity contribution in [2.24, 2.45) is 16.6 Å². The van der Waals surface area contributed by atoms with Gasteiger partial charge in [0, 0.05) is 39.1 Å². The second-order valence-corrected chi connectivity index (χ2v) is 8.07. The van der Waals surface area contributed by atoms with Crippen molar-refractivity contribution in [3.8, 4) is 5.75 Å². The van der Waals surface area contributed by atoms with Crippen molar-refractivity contribution in [2.45, 2.75) is 31.6 Å². The van der Waals surface area contributed by atoms with Crippen molar-refractivity contribution in [3.05, 3.63) is 29.8 Å². The van der Waals surface area contributed by atoms with E-state index in [0.717, 1.165) is 76.7 Å². The third-order valence-electron chi connectivity index (χ3n) is 6.13. The first kappa shape index (κ1) is 21.4. The highest BCUT2D eigenvalue weighted by molar-refractivity contribution is 5.80. The smallest absolute Gasteiger partial charge is 0.221 e. The third kappa shape index (κ3) is 5.85. The van der Waals surface area contributed by atoms with E-state index in [1.807, 2.05) is 19.2 Å². The molecule has 2 aliphatic heterocycles. The fourth-order valence-electron chi connectivity index (χ4n) is 4.43. The normalized spacial score (nSPS) is 23.2. The van der Waals surface area contributed by atoms with Crippen molar-refractivity contribution >= 4 is 11.9 Å². The Morgan fingerprint density at radius 2 is 2.03 bits per heavy atom. The monoisotopic (exact) mass is 401 g/mol. The van der Waals surface area contributed by atoms with Gasteiger partial charge in [-0.05, 0) is 56.5 Å². The van der Waals surface area contributed by atoms with Crippen LogP contribution in [0.15, 0.2) is 29.3 Å². The molecule has 2 atom stereocenters. The van der Waals surface area contributed by atoms with Crippen LogP contribution in [0.3, 0.4) is 0 Å². The summed E-state index contributed by atoms with van der Waals surface area (Å²) < 4.78 is 5.26. The van der Waals surface area contributed by atoms with Gasteiger partial charge in [0.25, 0.3) is 0 Å². The van der Waals surface area contributed by atoms with Crippen molar-refractivity contribution in [1.82, 2.24) is 15.1 Å². The fraction of sp³-hybridized carbons (Fsp3) is 0.636. The first-order valence-corrected chi connectivity index (χ1v) is 10.7. The van der Waals surface area contributed by atoms with Gasteiger partial charge in [-0.1, -0.05) is 12.1 Å². The molecule has 2 unspecified atom stereocenters. The number of aliphatic imine (C=N–C) groups is 1. The number of benzene rings is 1. The Bertz CT molecular complexity index is 691. The summed E-state index contributed by atoms with van der Waals surface area (Å²) in [5, 5.41) is 3.51. The van der Waals surface area contributed by atoms with E-state index in [9.17, 15) is 4.79 Å². The van der Waals surface area contributed by atoms with Crippen molar-refractivity contribution in [1.29, 1.82) is 0 Å². The number of hydrogen-bond acceptors (Lipinski definition) is 4. The average Bonchev–Trinajstić information content (AvgIpc) is 3.24. The molecule has 7 heteroatoms. The van der Waals surface area contributed by atoms with E-state index >= 15 is 0 Å². The summed E-state index contributed by atoms with van der Waals surface area (Å²) in [5.41, 5.74) is 6.83. The van der Waals surface area contributed by atoms with Gasteiger partial charge in [-0.3, -0.25) is 9.79 Å². The van der Waals surface area contributed by atoms with E-state index in [0.29, 0.717) is 5.92 Å². The number of carbonyl (C=O) groups is 1. The molecule has 0 radical (unpaired) electrons. The van der Waals surface area contributed by atoms with Gasteiger partial charge >= 0.3 is 0 Å². The highest BCUT2D eigenvalue weighted by Gasteiger charge is 2.26. The zero-order valence-corrected chi connectivity index (χ0v) is 17.8. The van der Waals surface area contributed by atoms with Gasteiger partial charge in [0.05, 0.1) is 13.0 Å². The first-order chi connectivity index (χ1) is 14.1. The number of primary amides is 1. The van der Waals surface area contributed by atoms with Crippen LogP contribution in [0.25, 0.3) is 0 Å². The minimum Gasteiger partial charge on any atom is -0.497 e. The first-order valence-electron chi connectivity index (χ1n) is 10.7. The molecule has 0 saturated carbocycles. The fourth-order valence-corrected chi connectivity index (χ4v) is 4.43. The van der Waals surface area contributed by atoms with E-state index in [4.69, 9.17) is 10.5 Å². The molecule has 1 amide bonds. The van der Waals surface area contributed by atoms with Crippen LogP contribution in [0.4, 0.5) is 0 Å². The Kier molecular flexibility index (Phi) is 7.75. The molecule has 2 fully saturated rings. The topological polar surface area (TPSA) is 83.2 Å². The molecule has 1 aromatic carbocycles. The number of piperidine rings is 1. The van der Waals surface area contributed by atoms with E-state index in [1.165, 1.54) is 5.56 Å². The zero-order chi connectivity index (χ0) is 20.6. The molecule has 2 aliphatic rings. The molecule has 0 spiro atoms. The lowest BCUT2D eigenvalue weighted by atomic mass is 9.97. The quantitative estimate of drug-likeness (QED) is 0.412. The highest BCUT2D eigenvalue weighted by atomic mass is 16.5. The molecule has 160 valence electrons. The van der Waals surface area contributed by atoms with Gasteiger partial charge in [-0.15, -0.1) is 0 Å². The van der Waals surface area contributed by atoms with Crippen LogP contribution in [-0.2, 0) is 4.79 Å². The summed E-state index contributed by atoms with van der Waals surface area (Å²) in [6, 6.07) is 8.41. The third-order valence-corrected chi connectivity index (χ3v) is 6.13. The summed E-state index contributed by atoms with van der Waals surface area (Å²) in [6.45, 7) is 5.74. The van der Waals surface area contributed by atoms with Crippen molar-refractivity contribution < 1.29 is 9.53 Å². The summed E-state index contributed by atoms with van der Waals surface area (Å²) >= 11 is 0. The number of methoxy groups -OCH3 is 1. The van der Waals surface area contributed by atoms with Crippen LogP contribution >= 0.6 is 0 Å². The van der Waals surface area contributed by atoms with Gasteiger partial charge in [-0.25, -0.2) is 0 Å². The lowest BCUT2D eigenvalue weighted by Gasteiger charge is -2.31. The van der Waals surface area contributed by atoms with Crippen LogP contribution < -0.4 is 15.8 Å². The van der Waals surface area contributed by atoms with Crippen LogP contribution in [0.1, 0.15) is 37.2 Å². The summed E-state index contributed by atoms with van der Waals surface area (Å²) in [5.74, 6) is 2.27. The molecule has 2 saturated heterocycles. The van der Waals surface area contributed by atoms with Crippen molar-refractivity contribution in [3.63, 3.8) is 0 Å². The Morgan fingerprint density at radius 1 is 1.24 bits per heavy atom. The summed E-state index contributed by atoms with van der Waals surface area (Å²) in [6.07, 6.45) is 4.15. The number of rotatable bonds is 7. The molecule has 0 bridgehead atoms. The molecule has 0 aliphatic carbocycles. The lowest BCUT2D eigenvalue weighted by molar-refractivity contribution is -0.123. The number of carbonyl (C=O) groups excluding carboxylic acids is 1. The Labute approximate surface area is 174 Å². The standard InChI is InChI=1S/C22H35N5O2/c1-24-22(25-11-4-13-26-12-3-5-19(15-26)21(23)28)27-14-10-18(16-27)17-6-8-20(29-2)9-7-17/h6-9,18-19H,3-5,10-16H2,1-2H3,(H2,23,28)(H,24,25). The van der Waals surface area contributed by atoms with Gasteiger partial charge < -0.3 is 25.6 Å². The largest absolute Gasteiger partial charge is 0.497 e. The number of nitrogens with two attached hydrogens (primary N) is 1. The lowest BCUT2D eigenvalue weighted by Crippen LogP contribution is -2.43. The van der Waals surface area contributed by atoms with Gasteiger partial charge in [0.1, 0.15) is 5.75 Å². The van der Waals surface area contributed by atoms with Crippen LogP contribution in [0, 0.1) is 5.92 Å². The van der Waals surface area contributed by atoms with E-state index < -0.39 is 0 Å². The average molecular weight is 402 g/mol.